The average Bonchev–Trinajstić information content (AvgIpc) is 3.23. The molecule has 2 amide bonds. The van der Waals surface area contributed by atoms with Crippen LogP contribution in [0.2, 0.25) is 0 Å². The predicted molar refractivity (Wildman–Crippen MR) is 98.0 cm³/mol. The summed E-state index contributed by atoms with van der Waals surface area (Å²) in [6.07, 6.45) is 0.671. The first-order chi connectivity index (χ1) is 13.0. The summed E-state index contributed by atoms with van der Waals surface area (Å²) in [5, 5.41) is 0. The zero-order chi connectivity index (χ0) is 19.0. The molecule has 0 aliphatic carbocycles. The maximum Gasteiger partial charge on any atom is 0.410 e. The number of ether oxygens (including phenoxy) is 1. The molecule has 2 aliphatic heterocycles. The van der Waals surface area contributed by atoms with Crippen molar-refractivity contribution in [1.82, 2.24) is 14.8 Å². The van der Waals surface area contributed by atoms with Crippen LogP contribution in [0.3, 0.4) is 0 Å². The monoisotopic (exact) mass is 369 g/mol. The number of piperazine rings is 1. The molecule has 2 fully saturated rings. The molecule has 1 unspecified atom stereocenters. The smallest absolute Gasteiger partial charge is 0.410 e. The zero-order valence-corrected chi connectivity index (χ0v) is 15.6. The lowest BCUT2D eigenvalue weighted by Gasteiger charge is -2.44. The Hall–Kier alpha value is -2.83. The molecule has 1 aromatic carbocycles. The Morgan fingerprint density at radius 2 is 2.04 bits per heavy atom. The second-order valence-corrected chi connectivity index (χ2v) is 7.16. The van der Waals surface area contributed by atoms with Gasteiger partial charge in [-0.05, 0) is 25.5 Å². The number of oxazole rings is 1. The number of hydrogen-bond donors (Lipinski definition) is 0. The second kappa shape index (κ2) is 6.72. The first-order valence-corrected chi connectivity index (χ1v) is 9.26. The first-order valence-electron chi connectivity index (χ1n) is 9.26. The van der Waals surface area contributed by atoms with Crippen molar-refractivity contribution in [2.24, 2.45) is 0 Å². The second-order valence-electron chi connectivity index (χ2n) is 7.16. The normalized spacial score (nSPS) is 21.9. The Labute approximate surface area is 157 Å². The summed E-state index contributed by atoms with van der Waals surface area (Å²) in [6.45, 7) is 5.71. The highest BCUT2D eigenvalue weighted by Crippen LogP contribution is 2.32. The van der Waals surface area contributed by atoms with Crippen molar-refractivity contribution in [3.8, 4) is 11.5 Å². The lowest BCUT2D eigenvalue weighted by Crippen LogP contribution is -2.62. The Morgan fingerprint density at radius 1 is 1.26 bits per heavy atom. The van der Waals surface area contributed by atoms with Crippen LogP contribution >= 0.6 is 0 Å². The summed E-state index contributed by atoms with van der Waals surface area (Å²) in [5.41, 5.74) is 1.14. The van der Waals surface area contributed by atoms with Gasteiger partial charge >= 0.3 is 6.09 Å². The summed E-state index contributed by atoms with van der Waals surface area (Å²) in [6, 6.07) is 9.64. The van der Waals surface area contributed by atoms with Crippen LogP contribution in [0.15, 0.2) is 34.7 Å². The molecule has 3 heterocycles. The maximum absolute atomic E-state index is 12.9. The third kappa shape index (κ3) is 3.07. The number of nitrogens with zero attached hydrogens (tertiary/aromatic N) is 3. The van der Waals surface area contributed by atoms with E-state index in [4.69, 9.17) is 9.15 Å². The van der Waals surface area contributed by atoms with Crippen molar-refractivity contribution >= 4 is 12.0 Å². The summed E-state index contributed by atoms with van der Waals surface area (Å²) < 4.78 is 11.0. The van der Waals surface area contributed by atoms with Gasteiger partial charge in [0, 0.05) is 25.2 Å². The number of hydrogen-bond acceptors (Lipinski definition) is 5. The number of carbonyl (C=O) groups excluding carboxylic acids is 2. The molecule has 0 saturated carbocycles. The van der Waals surface area contributed by atoms with Crippen molar-refractivity contribution < 1.29 is 18.7 Å². The topological polar surface area (TPSA) is 75.9 Å². The van der Waals surface area contributed by atoms with Gasteiger partial charge in [0.2, 0.25) is 11.8 Å². The molecule has 0 radical (unpaired) electrons. The van der Waals surface area contributed by atoms with Crippen LogP contribution in [-0.2, 0) is 16.0 Å². The van der Waals surface area contributed by atoms with E-state index in [9.17, 15) is 9.59 Å². The van der Waals surface area contributed by atoms with Gasteiger partial charge in [-0.2, -0.15) is 0 Å². The van der Waals surface area contributed by atoms with E-state index >= 15 is 0 Å². The van der Waals surface area contributed by atoms with Crippen molar-refractivity contribution in [3.05, 3.63) is 41.8 Å². The molecule has 2 aromatic rings. The molecule has 7 nitrogen and oxygen atoms in total. The lowest BCUT2D eigenvalue weighted by atomic mass is 9.92. The largest absolute Gasteiger partial charge is 0.447 e. The van der Waals surface area contributed by atoms with Crippen LogP contribution in [0.5, 0.6) is 0 Å². The number of carbonyl (C=O) groups is 2. The van der Waals surface area contributed by atoms with Crippen molar-refractivity contribution in [2.45, 2.75) is 32.2 Å². The number of fused-ring (bicyclic) bond motifs is 1. The van der Waals surface area contributed by atoms with Gasteiger partial charge in [-0.3, -0.25) is 9.69 Å². The van der Waals surface area contributed by atoms with Gasteiger partial charge in [0.05, 0.1) is 17.7 Å². The molecule has 1 atom stereocenters. The van der Waals surface area contributed by atoms with Crippen LogP contribution < -0.4 is 0 Å². The summed E-state index contributed by atoms with van der Waals surface area (Å²) >= 11 is 0. The van der Waals surface area contributed by atoms with Gasteiger partial charge in [-0.15, -0.1) is 0 Å². The van der Waals surface area contributed by atoms with Gasteiger partial charge in [-0.25, -0.2) is 9.78 Å². The highest BCUT2D eigenvalue weighted by atomic mass is 16.6. The predicted octanol–water partition coefficient (Wildman–Crippen LogP) is 2.64. The fourth-order valence-electron chi connectivity index (χ4n) is 3.83. The van der Waals surface area contributed by atoms with E-state index in [2.05, 4.69) is 4.98 Å². The van der Waals surface area contributed by atoms with E-state index in [1.165, 1.54) is 0 Å². The van der Waals surface area contributed by atoms with Crippen LogP contribution in [0, 0.1) is 6.92 Å². The molecule has 0 bridgehead atoms. The highest BCUT2D eigenvalue weighted by Gasteiger charge is 2.50. The molecule has 4 rings (SSSR count). The maximum atomic E-state index is 12.9. The number of cyclic esters (lactones) is 1. The standard InChI is InChI=1S/C20H23N3O4/c1-3-20-12-22(9-10-23(20)19(25)26-13-20)17(24)11-16-14(2)27-18(21-16)15-7-5-4-6-8-15/h4-8H,3,9-13H2,1-2H3. The quantitative estimate of drug-likeness (QED) is 0.828. The molecule has 0 N–H and O–H groups in total. The number of aryl methyl sites for hydroxylation is 1. The minimum atomic E-state index is -0.404. The SMILES string of the molecule is CCC12COC(=O)N1CCN(C(=O)Cc1nc(-c3ccccc3)oc1C)C2. The molecule has 27 heavy (non-hydrogen) atoms. The molecule has 7 heteroatoms. The third-order valence-electron chi connectivity index (χ3n) is 5.58. The molecule has 2 saturated heterocycles. The molecular formula is C20H23N3O4. The number of rotatable bonds is 4. The minimum absolute atomic E-state index is 0.00200. The van der Waals surface area contributed by atoms with Gasteiger partial charge in [0.1, 0.15) is 12.4 Å². The number of aromatic nitrogens is 1. The van der Waals surface area contributed by atoms with Crippen LogP contribution in [0.4, 0.5) is 4.79 Å². The molecule has 142 valence electrons. The van der Waals surface area contributed by atoms with Gasteiger partial charge in [0.25, 0.3) is 0 Å². The van der Waals surface area contributed by atoms with E-state index in [0.717, 1.165) is 12.0 Å². The lowest BCUT2D eigenvalue weighted by molar-refractivity contribution is -0.134. The Kier molecular flexibility index (Phi) is 4.37. The molecular weight excluding hydrogens is 346 g/mol. The van der Waals surface area contributed by atoms with Crippen LogP contribution in [-0.4, -0.2) is 58.6 Å². The van der Waals surface area contributed by atoms with Gasteiger partial charge in [-0.1, -0.05) is 25.1 Å². The Bertz CT molecular complexity index is 863. The zero-order valence-electron chi connectivity index (χ0n) is 15.6. The number of benzene rings is 1. The van der Waals surface area contributed by atoms with Gasteiger partial charge < -0.3 is 14.1 Å². The summed E-state index contributed by atoms with van der Waals surface area (Å²) in [7, 11) is 0. The van der Waals surface area contributed by atoms with Crippen molar-refractivity contribution in [1.29, 1.82) is 0 Å². The van der Waals surface area contributed by atoms with Crippen LogP contribution in [0.1, 0.15) is 24.8 Å². The fraction of sp³-hybridized carbons (Fsp3) is 0.450. The fourth-order valence-corrected chi connectivity index (χ4v) is 3.83. The molecule has 1 aromatic heterocycles. The molecule has 2 aliphatic rings. The van der Waals surface area contributed by atoms with Crippen molar-refractivity contribution in [2.75, 3.05) is 26.2 Å². The highest BCUT2D eigenvalue weighted by molar-refractivity contribution is 5.80. The van der Waals surface area contributed by atoms with E-state index in [1.807, 2.05) is 49.1 Å². The van der Waals surface area contributed by atoms with Gasteiger partial charge in [0.15, 0.2) is 0 Å². The summed E-state index contributed by atoms with van der Waals surface area (Å²) in [5.74, 6) is 1.18. The Morgan fingerprint density at radius 3 is 2.78 bits per heavy atom. The van der Waals surface area contributed by atoms with E-state index in [-0.39, 0.29) is 18.4 Å². The third-order valence-corrected chi connectivity index (χ3v) is 5.58. The van der Waals surface area contributed by atoms with E-state index < -0.39 is 5.54 Å². The number of amides is 2. The first kappa shape index (κ1) is 17.6. The van der Waals surface area contributed by atoms with E-state index in [1.54, 1.807) is 4.90 Å². The average molecular weight is 369 g/mol. The van der Waals surface area contributed by atoms with Crippen molar-refractivity contribution in [3.63, 3.8) is 0 Å². The minimum Gasteiger partial charge on any atom is -0.447 e. The Balaban J connectivity index is 1.49. The van der Waals surface area contributed by atoms with Crippen LogP contribution in [0.25, 0.3) is 11.5 Å². The summed E-state index contributed by atoms with van der Waals surface area (Å²) in [4.78, 5) is 32.9. The molecule has 0 spiro atoms. The van der Waals surface area contributed by atoms with E-state index in [0.29, 0.717) is 43.6 Å².